The molecule has 0 bridgehead atoms. The lowest BCUT2D eigenvalue weighted by molar-refractivity contribution is -0.145. The van der Waals surface area contributed by atoms with Gasteiger partial charge in [0.1, 0.15) is 11.8 Å². The molecule has 1 aromatic heterocycles. The second kappa shape index (κ2) is 13.6. The van der Waals surface area contributed by atoms with Crippen molar-refractivity contribution in [1.82, 2.24) is 4.57 Å². The van der Waals surface area contributed by atoms with Crippen molar-refractivity contribution in [3.63, 3.8) is 0 Å². The average molecular weight is 634 g/mol. The number of carbonyl (C=O) groups is 2. The lowest BCUT2D eigenvalue weighted by Gasteiger charge is -2.26. The lowest BCUT2D eigenvalue weighted by atomic mass is 9.95. The number of aromatic nitrogens is 1. The Morgan fingerprint density at radius 3 is 2.40 bits per heavy atom. The summed E-state index contributed by atoms with van der Waals surface area (Å²) in [6, 6.07) is 9.61. The van der Waals surface area contributed by atoms with E-state index in [4.69, 9.17) is 42.1 Å². The van der Waals surface area contributed by atoms with Gasteiger partial charge in [-0.1, -0.05) is 52.7 Å². The van der Waals surface area contributed by atoms with Gasteiger partial charge in [-0.05, 0) is 64.5 Å². The van der Waals surface area contributed by atoms with E-state index in [2.05, 4.69) is 4.99 Å². The minimum Gasteiger partial charge on any atom is -0.491 e. The Morgan fingerprint density at radius 1 is 1.10 bits per heavy atom. The zero-order chi connectivity index (χ0) is 30.6. The number of halogens is 2. The van der Waals surface area contributed by atoms with E-state index in [-0.39, 0.29) is 52.9 Å². The maximum Gasteiger partial charge on any atom is 0.344 e. The van der Waals surface area contributed by atoms with Gasteiger partial charge in [-0.25, -0.2) is 14.6 Å². The quantitative estimate of drug-likeness (QED) is 0.295. The second-order valence-corrected chi connectivity index (χ2v) is 11.2. The summed E-state index contributed by atoms with van der Waals surface area (Å²) in [5, 5.41) is 0.313. The van der Waals surface area contributed by atoms with Gasteiger partial charge in [-0.15, -0.1) is 0 Å². The highest BCUT2D eigenvalue weighted by atomic mass is 35.5. The molecular formula is C30H30Cl2N2O7S. The molecule has 1 aliphatic heterocycles. The number of para-hydroxylation sites is 1. The Kier molecular flexibility index (Phi) is 10.1. The van der Waals surface area contributed by atoms with Crippen molar-refractivity contribution in [3.05, 3.63) is 88.5 Å². The molecular weight excluding hydrogens is 603 g/mol. The summed E-state index contributed by atoms with van der Waals surface area (Å²) in [7, 11) is 0. The first-order valence-electron chi connectivity index (χ1n) is 13.3. The van der Waals surface area contributed by atoms with Crippen LogP contribution in [0.1, 0.15) is 51.8 Å². The first-order chi connectivity index (χ1) is 20.0. The number of ether oxygens (including phenoxy) is 4. The standard InChI is InChI=1S/C30H30Cl2N2O7S/c1-6-38-24(35)15-40-27-20(31)12-18(13-21(27)32)14-23-28(36)34-26(19-10-8-9-11-22(19)41-16(3)4)25(29(37)39-7-2)17(5)33-30(34)42-23/h8-14,16,26H,6-7,15H2,1-5H3/b23-14+/t26-/m0/s1. The highest BCUT2D eigenvalue weighted by Crippen LogP contribution is 2.37. The van der Waals surface area contributed by atoms with Crippen LogP contribution >= 0.6 is 34.5 Å². The SMILES string of the molecule is CCOC(=O)COc1c(Cl)cc(/C=c2/sc3n(c2=O)[C@@H](c2ccccc2OC(C)C)C(C(=O)OCC)=C(C)N=3)cc1Cl. The molecule has 0 saturated carbocycles. The highest BCUT2D eigenvalue weighted by molar-refractivity contribution is 7.07. The molecule has 1 aliphatic rings. The smallest absolute Gasteiger partial charge is 0.344 e. The van der Waals surface area contributed by atoms with Gasteiger partial charge in [-0.3, -0.25) is 9.36 Å². The van der Waals surface area contributed by atoms with E-state index in [0.717, 1.165) is 11.3 Å². The number of nitrogens with zero attached hydrogens (tertiary/aromatic N) is 2. The first kappa shape index (κ1) is 31.3. The zero-order valence-electron chi connectivity index (χ0n) is 23.7. The number of fused-ring (bicyclic) bond motifs is 1. The van der Waals surface area contributed by atoms with Gasteiger partial charge in [0.25, 0.3) is 5.56 Å². The van der Waals surface area contributed by atoms with Gasteiger partial charge in [-0.2, -0.15) is 0 Å². The van der Waals surface area contributed by atoms with Gasteiger partial charge in [0, 0.05) is 5.56 Å². The van der Waals surface area contributed by atoms with Crippen molar-refractivity contribution in [1.29, 1.82) is 0 Å². The molecule has 222 valence electrons. The minimum absolute atomic E-state index is 0.126. The molecule has 9 nitrogen and oxygen atoms in total. The third kappa shape index (κ3) is 6.72. The van der Waals surface area contributed by atoms with Crippen LogP contribution in [0.3, 0.4) is 0 Å². The number of hydrogen-bond donors (Lipinski definition) is 0. The van der Waals surface area contributed by atoms with Crippen LogP contribution in [0, 0.1) is 0 Å². The van der Waals surface area contributed by atoms with Gasteiger partial charge in [0.15, 0.2) is 17.2 Å². The fourth-order valence-corrected chi connectivity index (χ4v) is 6.10. The number of esters is 2. The average Bonchev–Trinajstić information content (AvgIpc) is 3.21. The Bertz CT molecular complexity index is 1700. The van der Waals surface area contributed by atoms with E-state index in [0.29, 0.717) is 31.9 Å². The van der Waals surface area contributed by atoms with Gasteiger partial charge >= 0.3 is 11.9 Å². The predicted molar refractivity (Wildman–Crippen MR) is 161 cm³/mol. The largest absolute Gasteiger partial charge is 0.491 e. The topological polar surface area (TPSA) is 105 Å². The van der Waals surface area contributed by atoms with Crippen molar-refractivity contribution < 1.29 is 28.5 Å². The Hall–Kier alpha value is -3.60. The van der Waals surface area contributed by atoms with Crippen LogP contribution in [0.25, 0.3) is 6.08 Å². The minimum atomic E-state index is -0.830. The number of hydrogen-bond acceptors (Lipinski definition) is 9. The Balaban J connectivity index is 1.84. The summed E-state index contributed by atoms with van der Waals surface area (Å²) in [5.41, 5.74) is 1.49. The molecule has 0 spiro atoms. The van der Waals surface area contributed by atoms with Crippen molar-refractivity contribution in [2.24, 2.45) is 4.99 Å². The molecule has 2 aromatic carbocycles. The van der Waals surface area contributed by atoms with Crippen LogP contribution in [-0.4, -0.2) is 42.4 Å². The molecule has 3 aromatic rings. The van der Waals surface area contributed by atoms with Crippen LogP contribution in [0.2, 0.25) is 10.0 Å². The summed E-state index contributed by atoms with van der Waals surface area (Å²) < 4.78 is 23.6. The van der Waals surface area contributed by atoms with Crippen LogP contribution in [0.4, 0.5) is 0 Å². The maximum absolute atomic E-state index is 14.0. The molecule has 0 aliphatic carbocycles. The van der Waals surface area contributed by atoms with Crippen molar-refractivity contribution in [2.45, 2.75) is 46.8 Å². The van der Waals surface area contributed by atoms with Crippen molar-refractivity contribution >= 4 is 52.6 Å². The van der Waals surface area contributed by atoms with E-state index in [1.165, 1.54) is 4.57 Å². The Morgan fingerprint density at radius 2 is 1.76 bits per heavy atom. The number of thiazole rings is 1. The van der Waals surface area contributed by atoms with Gasteiger partial charge in [0.05, 0.1) is 45.2 Å². The van der Waals surface area contributed by atoms with Crippen molar-refractivity contribution in [2.75, 3.05) is 19.8 Å². The molecule has 12 heteroatoms. The highest BCUT2D eigenvalue weighted by Gasteiger charge is 2.35. The number of benzene rings is 2. The first-order valence-corrected chi connectivity index (χ1v) is 14.9. The Labute approximate surface area is 256 Å². The molecule has 1 atom stereocenters. The maximum atomic E-state index is 14.0. The van der Waals surface area contributed by atoms with Gasteiger partial charge in [0.2, 0.25) is 0 Å². The van der Waals surface area contributed by atoms with E-state index >= 15 is 0 Å². The molecule has 0 N–H and O–H groups in total. The number of allylic oxidation sites excluding steroid dienone is 1. The van der Waals surface area contributed by atoms with Gasteiger partial charge < -0.3 is 18.9 Å². The summed E-state index contributed by atoms with van der Waals surface area (Å²) in [6.45, 7) is 8.97. The summed E-state index contributed by atoms with van der Waals surface area (Å²) in [6.07, 6.45) is 1.49. The monoisotopic (exact) mass is 632 g/mol. The van der Waals surface area contributed by atoms with Crippen LogP contribution in [0.5, 0.6) is 11.5 Å². The summed E-state index contributed by atoms with van der Waals surface area (Å²) in [5.74, 6) is -0.446. The molecule has 0 unspecified atom stereocenters. The van der Waals surface area contributed by atoms with Crippen molar-refractivity contribution in [3.8, 4) is 11.5 Å². The fraction of sp³-hybridized carbons (Fsp3) is 0.333. The third-order valence-electron chi connectivity index (χ3n) is 6.05. The molecule has 0 radical (unpaired) electrons. The van der Waals surface area contributed by atoms with E-state index in [1.54, 1.807) is 45.0 Å². The second-order valence-electron chi connectivity index (χ2n) is 9.41. The van der Waals surface area contributed by atoms with E-state index in [9.17, 15) is 14.4 Å². The molecule has 4 rings (SSSR count). The lowest BCUT2D eigenvalue weighted by Crippen LogP contribution is -2.40. The normalized spacial score (nSPS) is 14.9. The molecule has 2 heterocycles. The third-order valence-corrected chi connectivity index (χ3v) is 7.60. The predicted octanol–water partition coefficient (Wildman–Crippen LogP) is 4.83. The fourth-order valence-electron chi connectivity index (χ4n) is 4.44. The van der Waals surface area contributed by atoms with E-state index in [1.807, 2.05) is 32.0 Å². The molecule has 0 amide bonds. The zero-order valence-corrected chi connectivity index (χ0v) is 26.1. The summed E-state index contributed by atoms with van der Waals surface area (Å²) in [4.78, 5) is 43.9. The molecule has 0 saturated heterocycles. The molecule has 42 heavy (non-hydrogen) atoms. The number of carbonyl (C=O) groups excluding carboxylic acids is 2. The summed E-state index contributed by atoms with van der Waals surface area (Å²) >= 11 is 14.0. The van der Waals surface area contributed by atoms with Crippen LogP contribution in [-0.2, 0) is 19.1 Å². The van der Waals surface area contributed by atoms with E-state index < -0.39 is 18.0 Å². The van der Waals surface area contributed by atoms with Crippen LogP contribution in [0.15, 0.2) is 57.5 Å². The van der Waals surface area contributed by atoms with Crippen LogP contribution < -0.4 is 24.4 Å². The molecule has 0 fully saturated rings. The number of rotatable bonds is 10.